The van der Waals surface area contributed by atoms with Crippen LogP contribution in [0.4, 0.5) is 5.82 Å². The van der Waals surface area contributed by atoms with E-state index in [1.165, 1.54) is 0 Å². The van der Waals surface area contributed by atoms with Gasteiger partial charge in [0, 0.05) is 13.1 Å². The number of rotatable bonds is 4. The molecule has 7 heteroatoms. The van der Waals surface area contributed by atoms with E-state index >= 15 is 0 Å². The van der Waals surface area contributed by atoms with Crippen LogP contribution < -0.4 is 16.6 Å². The Bertz CT molecular complexity index is 480. The molecule has 1 unspecified atom stereocenters. The summed E-state index contributed by atoms with van der Waals surface area (Å²) in [5.74, 6) is 0.711. The lowest BCUT2D eigenvalue weighted by Crippen LogP contribution is -2.29. The Morgan fingerprint density at radius 3 is 3.00 bits per heavy atom. The molecule has 1 aliphatic heterocycles. The molecule has 1 fully saturated rings. The fraction of sp³-hybridized carbons (Fsp3) is 0.700. The largest absolute Gasteiger partial charge is 0.364 e. The van der Waals surface area contributed by atoms with E-state index in [1.54, 1.807) is 0 Å². The van der Waals surface area contributed by atoms with Crippen molar-refractivity contribution in [1.29, 1.82) is 0 Å². The van der Waals surface area contributed by atoms with Crippen LogP contribution in [0.5, 0.6) is 0 Å². The highest BCUT2D eigenvalue weighted by molar-refractivity contribution is 5.28. The van der Waals surface area contributed by atoms with E-state index in [9.17, 15) is 9.59 Å². The fourth-order valence-electron chi connectivity index (χ4n) is 2.08. The summed E-state index contributed by atoms with van der Waals surface area (Å²) < 4.78 is 0. The zero-order valence-electron chi connectivity index (χ0n) is 9.82. The number of H-pyrrole nitrogens is 2. The Morgan fingerprint density at radius 1 is 1.53 bits per heavy atom. The number of hydrogen-bond donors (Lipinski definition) is 3. The minimum Gasteiger partial charge on any atom is -0.364 e. The number of hydrogen-bond acceptors (Lipinski definition) is 5. The highest BCUT2D eigenvalue weighted by Crippen LogP contribution is 2.15. The maximum Gasteiger partial charge on any atom is 0.342 e. The molecule has 1 saturated heterocycles. The SMILES string of the molecule is CCN1CCC(CNc2n[nH]c(=O)[nH]c2=O)C1. The average Bonchev–Trinajstić information content (AvgIpc) is 2.76. The predicted molar refractivity (Wildman–Crippen MR) is 64.2 cm³/mol. The van der Waals surface area contributed by atoms with E-state index in [4.69, 9.17) is 0 Å². The minimum absolute atomic E-state index is 0.180. The Labute approximate surface area is 98.2 Å². The lowest BCUT2D eigenvalue weighted by atomic mass is 10.1. The molecule has 1 aromatic heterocycles. The van der Waals surface area contributed by atoms with Gasteiger partial charge in [-0.25, -0.2) is 9.89 Å². The highest BCUT2D eigenvalue weighted by Gasteiger charge is 2.21. The molecule has 2 rings (SSSR count). The number of anilines is 1. The third-order valence-corrected chi connectivity index (χ3v) is 3.09. The molecule has 0 aromatic carbocycles. The first kappa shape index (κ1) is 11.8. The van der Waals surface area contributed by atoms with Crippen LogP contribution in [0.25, 0.3) is 0 Å². The van der Waals surface area contributed by atoms with Crippen molar-refractivity contribution < 1.29 is 0 Å². The molecule has 0 aliphatic carbocycles. The molecular formula is C10H17N5O2. The van der Waals surface area contributed by atoms with Crippen LogP contribution in [0.2, 0.25) is 0 Å². The van der Waals surface area contributed by atoms with Gasteiger partial charge >= 0.3 is 5.69 Å². The first-order valence-corrected chi connectivity index (χ1v) is 5.84. The Hall–Kier alpha value is -1.63. The Balaban J connectivity index is 1.90. The summed E-state index contributed by atoms with van der Waals surface area (Å²) in [7, 11) is 0. The molecule has 0 saturated carbocycles. The average molecular weight is 239 g/mol. The number of nitrogens with one attached hydrogen (secondary N) is 3. The minimum atomic E-state index is -0.585. The van der Waals surface area contributed by atoms with Crippen LogP contribution in [0.3, 0.4) is 0 Å². The van der Waals surface area contributed by atoms with Crippen LogP contribution in [-0.4, -0.2) is 46.3 Å². The fourth-order valence-corrected chi connectivity index (χ4v) is 2.08. The van der Waals surface area contributed by atoms with Crippen LogP contribution >= 0.6 is 0 Å². The van der Waals surface area contributed by atoms with Gasteiger partial charge in [0.1, 0.15) is 0 Å². The highest BCUT2D eigenvalue weighted by atomic mass is 16.2. The van der Waals surface area contributed by atoms with Gasteiger partial charge in [0.15, 0.2) is 0 Å². The summed E-state index contributed by atoms with van der Waals surface area (Å²) in [5.41, 5.74) is -1.06. The molecule has 0 amide bonds. The van der Waals surface area contributed by atoms with Crippen LogP contribution in [-0.2, 0) is 0 Å². The van der Waals surface area contributed by atoms with Crippen LogP contribution in [0.1, 0.15) is 13.3 Å². The topological polar surface area (TPSA) is 93.9 Å². The zero-order valence-corrected chi connectivity index (χ0v) is 9.82. The van der Waals surface area contributed by atoms with Crippen LogP contribution in [0, 0.1) is 5.92 Å². The first-order valence-electron chi connectivity index (χ1n) is 5.84. The smallest absolute Gasteiger partial charge is 0.342 e. The molecule has 7 nitrogen and oxygen atoms in total. The predicted octanol–water partition coefficient (Wildman–Crippen LogP) is -0.788. The van der Waals surface area contributed by atoms with E-state index < -0.39 is 11.2 Å². The standard InChI is InChI=1S/C10H17N5O2/c1-2-15-4-3-7(6-15)5-11-8-9(16)12-10(17)14-13-8/h7H,2-6H2,1H3,(H,11,13)(H2,12,14,16,17). The van der Waals surface area contributed by atoms with Gasteiger partial charge in [0.25, 0.3) is 5.56 Å². The van der Waals surface area contributed by atoms with Gasteiger partial charge in [-0.1, -0.05) is 6.92 Å². The van der Waals surface area contributed by atoms with E-state index in [2.05, 4.69) is 32.3 Å². The molecule has 3 N–H and O–H groups in total. The second kappa shape index (κ2) is 5.13. The van der Waals surface area contributed by atoms with Crippen molar-refractivity contribution in [2.75, 3.05) is 31.5 Å². The third-order valence-electron chi connectivity index (χ3n) is 3.09. The van der Waals surface area contributed by atoms with Crippen molar-refractivity contribution in [3.05, 3.63) is 20.8 Å². The number of aromatic amines is 2. The van der Waals surface area contributed by atoms with Gasteiger partial charge in [-0.2, -0.15) is 0 Å². The summed E-state index contributed by atoms with van der Waals surface area (Å²) >= 11 is 0. The normalized spacial score (nSPS) is 20.6. The Morgan fingerprint density at radius 2 is 2.35 bits per heavy atom. The third kappa shape index (κ3) is 2.94. The monoisotopic (exact) mass is 239 g/mol. The second-order valence-electron chi connectivity index (χ2n) is 4.28. The first-order chi connectivity index (χ1) is 8.19. The number of nitrogens with zero attached hydrogens (tertiary/aromatic N) is 2. The lowest BCUT2D eigenvalue weighted by Gasteiger charge is -2.13. The van der Waals surface area contributed by atoms with Crippen LogP contribution in [0.15, 0.2) is 9.59 Å². The summed E-state index contributed by atoms with van der Waals surface area (Å²) in [5, 5.41) is 8.85. The molecule has 1 aliphatic rings. The Kier molecular flexibility index (Phi) is 3.58. The van der Waals surface area contributed by atoms with E-state index in [0.29, 0.717) is 12.5 Å². The second-order valence-corrected chi connectivity index (χ2v) is 4.28. The van der Waals surface area contributed by atoms with Gasteiger partial charge in [-0.3, -0.25) is 9.78 Å². The van der Waals surface area contributed by atoms with Crippen molar-refractivity contribution >= 4 is 5.82 Å². The van der Waals surface area contributed by atoms with Gasteiger partial charge in [-0.15, -0.1) is 5.10 Å². The molecule has 1 atom stereocenters. The van der Waals surface area contributed by atoms with Crippen molar-refractivity contribution in [2.45, 2.75) is 13.3 Å². The zero-order chi connectivity index (χ0) is 12.3. The lowest BCUT2D eigenvalue weighted by molar-refractivity contribution is 0.345. The van der Waals surface area contributed by atoms with Crippen molar-refractivity contribution in [3.63, 3.8) is 0 Å². The van der Waals surface area contributed by atoms with Crippen molar-refractivity contribution in [3.8, 4) is 0 Å². The molecule has 0 spiro atoms. The molecule has 94 valence electrons. The summed E-state index contributed by atoms with van der Waals surface area (Å²) in [6.45, 7) is 6.07. The van der Waals surface area contributed by atoms with E-state index in [-0.39, 0.29) is 5.82 Å². The van der Waals surface area contributed by atoms with E-state index in [0.717, 1.165) is 26.1 Å². The molecular weight excluding hydrogens is 222 g/mol. The molecule has 1 aromatic rings. The molecule has 0 radical (unpaired) electrons. The van der Waals surface area contributed by atoms with Crippen molar-refractivity contribution in [1.82, 2.24) is 20.1 Å². The summed E-state index contributed by atoms with van der Waals surface area (Å²) in [6, 6.07) is 0. The van der Waals surface area contributed by atoms with Gasteiger partial charge in [0.05, 0.1) is 0 Å². The van der Waals surface area contributed by atoms with E-state index in [1.807, 2.05) is 0 Å². The number of likely N-dealkylation sites (tertiary alicyclic amines) is 1. The van der Waals surface area contributed by atoms with Gasteiger partial charge < -0.3 is 10.2 Å². The molecule has 2 heterocycles. The maximum atomic E-state index is 11.4. The maximum absolute atomic E-state index is 11.4. The quantitative estimate of drug-likeness (QED) is 0.640. The van der Waals surface area contributed by atoms with Gasteiger partial charge in [-0.05, 0) is 25.4 Å². The molecule has 0 bridgehead atoms. The van der Waals surface area contributed by atoms with Gasteiger partial charge in [0.2, 0.25) is 5.82 Å². The summed E-state index contributed by atoms with van der Waals surface area (Å²) in [6.07, 6.45) is 1.13. The summed E-state index contributed by atoms with van der Waals surface area (Å²) in [4.78, 5) is 26.6. The molecule has 17 heavy (non-hydrogen) atoms. The van der Waals surface area contributed by atoms with Crippen molar-refractivity contribution in [2.24, 2.45) is 5.92 Å². The number of aromatic nitrogens is 3.